The van der Waals surface area contributed by atoms with Gasteiger partial charge < -0.3 is 0 Å². The van der Waals surface area contributed by atoms with Crippen molar-refractivity contribution in [2.24, 2.45) is 0 Å². The van der Waals surface area contributed by atoms with Crippen LogP contribution in [0.1, 0.15) is 26.3 Å². The molecule has 0 atom stereocenters. The summed E-state index contributed by atoms with van der Waals surface area (Å²) in [6.07, 6.45) is 0.259. The number of nitro groups is 1. The number of nitro benzene ring substituents is 1. The number of hydrogen-bond donors (Lipinski definition) is 0. The van der Waals surface area contributed by atoms with Gasteiger partial charge in [0.2, 0.25) is 0 Å². The second kappa shape index (κ2) is 4.51. The summed E-state index contributed by atoms with van der Waals surface area (Å²) in [5.41, 5.74) is -1.44. The standard InChI is InChI=1S/C9H3ClN2O4/c10-9(14)5-1-6(4-13)7(3-11)8(2-5)12(15)16/h1-2,4H. The summed E-state index contributed by atoms with van der Waals surface area (Å²) in [6, 6.07) is 3.43. The van der Waals surface area contributed by atoms with E-state index < -0.39 is 15.9 Å². The van der Waals surface area contributed by atoms with Crippen molar-refractivity contribution in [3.63, 3.8) is 0 Å². The third-order valence-corrected chi connectivity index (χ3v) is 2.03. The van der Waals surface area contributed by atoms with Gasteiger partial charge in [-0.1, -0.05) is 0 Å². The van der Waals surface area contributed by atoms with Gasteiger partial charge in [0.1, 0.15) is 11.6 Å². The molecule has 7 heteroatoms. The molecule has 0 aliphatic heterocycles. The van der Waals surface area contributed by atoms with Crippen LogP contribution in [-0.2, 0) is 0 Å². The molecule has 6 nitrogen and oxygen atoms in total. The van der Waals surface area contributed by atoms with Crippen LogP contribution in [-0.4, -0.2) is 16.5 Å². The number of rotatable bonds is 3. The van der Waals surface area contributed by atoms with Crippen LogP contribution >= 0.6 is 11.6 Å². The molecule has 0 N–H and O–H groups in total. The van der Waals surface area contributed by atoms with Crippen LogP contribution in [0.4, 0.5) is 5.69 Å². The fraction of sp³-hybridized carbons (Fsp3) is 0. The van der Waals surface area contributed by atoms with E-state index in [1.54, 1.807) is 0 Å². The lowest BCUT2D eigenvalue weighted by Crippen LogP contribution is -2.01. The molecule has 80 valence electrons. The predicted octanol–water partition coefficient (Wildman–Crippen LogP) is 1.66. The van der Waals surface area contributed by atoms with Gasteiger partial charge in [0.15, 0.2) is 6.29 Å². The highest BCUT2D eigenvalue weighted by atomic mass is 35.5. The van der Waals surface area contributed by atoms with Crippen molar-refractivity contribution in [1.29, 1.82) is 5.26 Å². The molecule has 0 radical (unpaired) electrons. The summed E-state index contributed by atoms with van der Waals surface area (Å²) in [6.45, 7) is 0. The zero-order valence-electron chi connectivity index (χ0n) is 7.64. The van der Waals surface area contributed by atoms with Gasteiger partial charge in [-0.2, -0.15) is 5.26 Å². The normalized spacial score (nSPS) is 9.25. The van der Waals surface area contributed by atoms with E-state index in [1.807, 2.05) is 0 Å². The van der Waals surface area contributed by atoms with Crippen molar-refractivity contribution in [1.82, 2.24) is 0 Å². The maximum Gasteiger partial charge on any atom is 0.288 e. The van der Waals surface area contributed by atoms with Gasteiger partial charge in [-0.05, 0) is 17.7 Å². The molecular weight excluding hydrogens is 236 g/mol. The fourth-order valence-corrected chi connectivity index (χ4v) is 1.23. The first-order valence-electron chi connectivity index (χ1n) is 3.88. The quantitative estimate of drug-likeness (QED) is 0.345. The van der Waals surface area contributed by atoms with E-state index in [1.165, 1.54) is 6.07 Å². The van der Waals surface area contributed by atoms with Crippen LogP contribution in [0.2, 0.25) is 0 Å². The second-order valence-corrected chi connectivity index (χ2v) is 3.06. The molecule has 1 rings (SSSR count). The van der Waals surface area contributed by atoms with Crippen LogP contribution in [0.3, 0.4) is 0 Å². The Hall–Kier alpha value is -2.26. The SMILES string of the molecule is N#Cc1c(C=O)cc(C(=O)Cl)cc1[N+](=O)[O-]. The van der Waals surface area contributed by atoms with Gasteiger partial charge >= 0.3 is 0 Å². The van der Waals surface area contributed by atoms with Gasteiger partial charge in [-0.15, -0.1) is 0 Å². The Morgan fingerprint density at radius 3 is 2.56 bits per heavy atom. The first-order valence-corrected chi connectivity index (χ1v) is 4.26. The molecule has 0 aliphatic rings. The number of aldehydes is 1. The Labute approximate surface area is 94.2 Å². The summed E-state index contributed by atoms with van der Waals surface area (Å²) < 4.78 is 0. The van der Waals surface area contributed by atoms with Crippen molar-refractivity contribution >= 4 is 28.8 Å². The summed E-state index contributed by atoms with van der Waals surface area (Å²) in [4.78, 5) is 31.2. The summed E-state index contributed by atoms with van der Waals surface area (Å²) in [7, 11) is 0. The summed E-state index contributed by atoms with van der Waals surface area (Å²) >= 11 is 5.14. The molecule has 1 aromatic rings. The molecule has 0 saturated heterocycles. The monoisotopic (exact) mass is 238 g/mol. The van der Waals surface area contributed by atoms with E-state index in [0.29, 0.717) is 0 Å². The summed E-state index contributed by atoms with van der Waals surface area (Å²) in [5.74, 6) is 0. The van der Waals surface area contributed by atoms with Gasteiger partial charge in [0, 0.05) is 17.2 Å². The highest BCUT2D eigenvalue weighted by Gasteiger charge is 2.21. The topological polar surface area (TPSA) is 101 Å². The number of nitriles is 1. The van der Waals surface area contributed by atoms with Gasteiger partial charge in [-0.25, -0.2) is 0 Å². The smallest absolute Gasteiger partial charge is 0.288 e. The number of hydrogen-bond acceptors (Lipinski definition) is 5. The lowest BCUT2D eigenvalue weighted by Gasteiger charge is -2.00. The van der Waals surface area contributed by atoms with Crippen molar-refractivity contribution in [3.8, 4) is 6.07 Å². The lowest BCUT2D eigenvalue weighted by atomic mass is 10.0. The van der Waals surface area contributed by atoms with Crippen LogP contribution in [0.25, 0.3) is 0 Å². The van der Waals surface area contributed by atoms with Gasteiger partial charge in [0.25, 0.3) is 10.9 Å². The van der Waals surface area contributed by atoms with Crippen LogP contribution < -0.4 is 0 Å². The van der Waals surface area contributed by atoms with Crippen LogP contribution in [0, 0.1) is 21.4 Å². The summed E-state index contributed by atoms with van der Waals surface area (Å²) in [5, 5.41) is 18.4. The number of carbonyl (C=O) groups is 2. The molecule has 0 aliphatic carbocycles. The molecule has 0 spiro atoms. The van der Waals surface area contributed by atoms with Crippen LogP contribution in [0.15, 0.2) is 12.1 Å². The first-order chi connectivity index (χ1) is 7.51. The molecule has 0 heterocycles. The maximum absolute atomic E-state index is 10.8. The Balaban J connectivity index is 3.64. The van der Waals surface area contributed by atoms with E-state index in [-0.39, 0.29) is 23.0 Å². The van der Waals surface area contributed by atoms with E-state index >= 15 is 0 Å². The predicted molar refractivity (Wildman–Crippen MR) is 53.4 cm³/mol. The Bertz CT molecular complexity index is 533. The van der Waals surface area contributed by atoms with Crippen LogP contribution in [0.5, 0.6) is 0 Å². The molecule has 0 unspecified atom stereocenters. The Morgan fingerprint density at radius 1 is 1.56 bits per heavy atom. The minimum absolute atomic E-state index is 0.200. The highest BCUT2D eigenvalue weighted by Crippen LogP contribution is 2.23. The Morgan fingerprint density at radius 2 is 2.19 bits per heavy atom. The van der Waals surface area contributed by atoms with E-state index in [2.05, 4.69) is 0 Å². The average Bonchev–Trinajstić information content (AvgIpc) is 2.26. The third kappa shape index (κ3) is 2.04. The molecule has 0 bridgehead atoms. The fourth-order valence-electron chi connectivity index (χ4n) is 1.12. The molecule has 0 saturated carbocycles. The highest BCUT2D eigenvalue weighted by molar-refractivity contribution is 6.67. The molecule has 0 amide bonds. The molecule has 0 aromatic heterocycles. The minimum atomic E-state index is -0.935. The van der Waals surface area contributed by atoms with E-state index in [0.717, 1.165) is 12.1 Å². The van der Waals surface area contributed by atoms with Crippen molar-refractivity contribution < 1.29 is 14.5 Å². The van der Waals surface area contributed by atoms with Gasteiger partial charge in [0.05, 0.1) is 4.92 Å². The van der Waals surface area contributed by atoms with Crippen molar-refractivity contribution in [3.05, 3.63) is 38.9 Å². The van der Waals surface area contributed by atoms with E-state index in [4.69, 9.17) is 16.9 Å². The Kier molecular flexibility index (Phi) is 3.33. The maximum atomic E-state index is 10.8. The number of halogens is 1. The minimum Gasteiger partial charge on any atom is -0.298 e. The molecule has 1 aromatic carbocycles. The molecular formula is C9H3ClN2O4. The molecule has 16 heavy (non-hydrogen) atoms. The first kappa shape index (κ1) is 11.8. The third-order valence-electron chi connectivity index (χ3n) is 1.81. The average molecular weight is 239 g/mol. The van der Waals surface area contributed by atoms with Crippen molar-refractivity contribution in [2.45, 2.75) is 0 Å². The second-order valence-electron chi connectivity index (χ2n) is 2.72. The van der Waals surface area contributed by atoms with Crippen molar-refractivity contribution in [2.75, 3.05) is 0 Å². The van der Waals surface area contributed by atoms with Gasteiger partial charge in [-0.3, -0.25) is 19.7 Å². The zero-order chi connectivity index (χ0) is 12.3. The van der Waals surface area contributed by atoms with E-state index in [9.17, 15) is 19.7 Å². The number of benzene rings is 1. The molecule has 0 fully saturated rings. The number of nitrogens with zero attached hydrogens (tertiary/aromatic N) is 2. The lowest BCUT2D eigenvalue weighted by molar-refractivity contribution is -0.385. The largest absolute Gasteiger partial charge is 0.298 e. The zero-order valence-corrected chi connectivity index (χ0v) is 8.39. The number of carbonyl (C=O) groups excluding carboxylic acids is 2.